The van der Waals surface area contributed by atoms with E-state index in [1.165, 1.54) is 18.2 Å². The summed E-state index contributed by atoms with van der Waals surface area (Å²) in [6.07, 6.45) is 18.8. The number of hydrogen-bond acceptors (Lipinski definition) is 21. The zero-order chi connectivity index (χ0) is 85.9. The molecule has 38 heteroatoms. The van der Waals surface area contributed by atoms with Crippen LogP contribution >= 0.6 is 59.5 Å². The highest BCUT2D eigenvalue weighted by atomic mass is 35.5. The predicted molar refractivity (Wildman–Crippen MR) is 477 cm³/mol. The second-order valence-electron chi connectivity index (χ2n) is 32.1. The summed E-state index contributed by atoms with van der Waals surface area (Å²) in [5, 5.41) is 48.7. The Morgan fingerprint density at radius 3 is 0.795 bits per heavy atom. The molecule has 8 aliphatic rings. The second-order valence-corrected chi connectivity index (χ2v) is 37.2. The topological polar surface area (TPSA) is 451 Å². The highest BCUT2D eigenvalue weighted by Gasteiger charge is 2.46. The summed E-state index contributed by atoms with van der Waals surface area (Å²) in [5.41, 5.74) is 2.42. The molecule has 2 aromatic rings. The summed E-state index contributed by atoms with van der Waals surface area (Å²) in [6.45, 7) is 11.6. The van der Waals surface area contributed by atoms with E-state index >= 15 is 0 Å². The Balaban J connectivity index is 0.000000301. The number of halogens is 1. The number of aldehydes is 1. The normalized spacial score (nSPS) is 22.3. The first kappa shape index (κ1) is 99.9. The van der Waals surface area contributed by atoms with Crippen LogP contribution in [-0.2, 0) is 38.1 Å². The number of carbonyl (C=O) groups excluding carboxylic acids is 13. The molecule has 8 fully saturated rings. The van der Waals surface area contributed by atoms with Crippen molar-refractivity contribution in [1.29, 1.82) is 0 Å². The Morgan fingerprint density at radius 1 is 0.336 bits per heavy atom. The number of ether oxygens (including phenoxy) is 4. The monoisotopic (exact) mass is 1800 g/mol. The van der Waals surface area contributed by atoms with Crippen molar-refractivity contribution in [3.63, 3.8) is 0 Å². The van der Waals surface area contributed by atoms with Crippen molar-refractivity contribution >= 4 is 137 Å². The molecule has 33 nitrogen and oxygen atoms in total. The molecule has 2 aromatic carbocycles. The lowest BCUT2D eigenvalue weighted by molar-refractivity contribution is -0.122. The molecule has 10 rings (SSSR count). The number of nitrogens with one attached hydrogen (secondary N) is 16. The molecular weight excluding hydrogens is 1670 g/mol. The van der Waals surface area contributed by atoms with Crippen LogP contribution in [0.5, 0.6) is 0 Å². The van der Waals surface area contributed by atoms with E-state index in [9.17, 15) is 62.3 Å². The molecule has 16 amide bonds. The van der Waals surface area contributed by atoms with Gasteiger partial charge in [-0.1, -0.05) is 39.5 Å². The zero-order valence-electron chi connectivity index (χ0n) is 70.6. The molecule has 680 valence electrons. The van der Waals surface area contributed by atoms with E-state index in [1.54, 1.807) is 6.07 Å². The van der Waals surface area contributed by atoms with Gasteiger partial charge < -0.3 is 104 Å². The maximum Gasteiger partial charge on any atom is 0.315 e. The number of urea groups is 4. The number of unbranched alkanes of at least 4 members (excludes halogenated alkanes) is 4. The van der Waals surface area contributed by atoms with Gasteiger partial charge in [0.05, 0.1) is 48.3 Å². The van der Waals surface area contributed by atoms with Gasteiger partial charge in [0.2, 0.25) is 23.6 Å². The molecule has 8 saturated heterocycles. The van der Waals surface area contributed by atoms with Gasteiger partial charge in [-0.05, 0) is 151 Å². The van der Waals surface area contributed by atoms with Gasteiger partial charge in [-0.15, -0.1) is 12.4 Å². The first-order chi connectivity index (χ1) is 58.8. The van der Waals surface area contributed by atoms with E-state index < -0.39 is 11.8 Å². The Kier molecular flexibility index (Phi) is 45.6. The van der Waals surface area contributed by atoms with E-state index in [-0.39, 0.29) is 143 Å². The minimum Gasteiger partial charge on any atom is -0.381 e. The third kappa shape index (κ3) is 35.5. The molecule has 8 aliphatic heterocycles. The van der Waals surface area contributed by atoms with Crippen LogP contribution in [-0.4, -0.2) is 275 Å². The Hall–Kier alpha value is -7.52. The van der Waals surface area contributed by atoms with E-state index in [2.05, 4.69) is 85.1 Å². The largest absolute Gasteiger partial charge is 0.381 e. The smallest absolute Gasteiger partial charge is 0.315 e. The SMILES string of the molecule is CC(C)c1cc(C(=O)NCCCOCCCNC(=O)CCCCC2SCC3NC(=O)NC32)cc(C(=O)NCCCOCCCNC(=O)CCCCC2SCC3NC(=O)NC32)c1.Cl.O=Cc1cc(C(=O)NCCCOCCCNC(=O)CCCCC2SCC3NC(=O)NC32)cc(C(=O)NCCCOCCCNC(=O)CCCCC2SCC3NC(=O)NC32)c1. The molecule has 12 unspecified atom stereocenters. The molecule has 12 atom stereocenters. The summed E-state index contributed by atoms with van der Waals surface area (Å²) in [6, 6.07) is 11.0. The summed E-state index contributed by atoms with van der Waals surface area (Å²) in [5.74, 6) is 2.75. The highest BCUT2D eigenvalue weighted by molar-refractivity contribution is 8.01. The minimum absolute atomic E-state index is 0. The fraction of sp³-hybridized carbons (Fsp3) is 0.702. The summed E-state index contributed by atoms with van der Waals surface area (Å²) < 4.78 is 22.7. The average molecular weight is 1800 g/mol. The maximum absolute atomic E-state index is 13.0. The van der Waals surface area contributed by atoms with E-state index in [0.717, 1.165) is 106 Å². The molecule has 0 aliphatic carbocycles. The van der Waals surface area contributed by atoms with E-state index in [4.69, 9.17) is 18.9 Å². The van der Waals surface area contributed by atoms with Crippen LogP contribution in [0.1, 0.15) is 231 Å². The first-order valence-electron chi connectivity index (χ1n) is 43.8. The predicted octanol–water partition coefficient (Wildman–Crippen LogP) is 6.21. The van der Waals surface area contributed by atoms with Gasteiger partial charge in [-0.2, -0.15) is 47.0 Å². The van der Waals surface area contributed by atoms with Gasteiger partial charge in [0, 0.05) is 203 Å². The average Bonchev–Trinajstić information content (AvgIpc) is 1.64. The number of benzene rings is 2. The fourth-order valence-corrected chi connectivity index (χ4v) is 21.8. The molecule has 0 radical (unpaired) electrons. The van der Waals surface area contributed by atoms with Crippen LogP contribution in [0.4, 0.5) is 19.2 Å². The van der Waals surface area contributed by atoms with Crippen molar-refractivity contribution in [2.75, 3.05) is 128 Å². The summed E-state index contributed by atoms with van der Waals surface area (Å²) >= 11 is 7.55. The quantitative estimate of drug-likeness (QED) is 0.0199. The molecule has 0 spiro atoms. The molecule has 0 saturated carbocycles. The summed E-state index contributed by atoms with van der Waals surface area (Å²) in [4.78, 5) is 158. The van der Waals surface area contributed by atoms with Gasteiger partial charge in [0.15, 0.2) is 0 Å². The number of fused-ring (bicyclic) bond motifs is 4. The third-order valence-electron chi connectivity index (χ3n) is 22.2. The van der Waals surface area contributed by atoms with Gasteiger partial charge in [0.1, 0.15) is 6.29 Å². The maximum atomic E-state index is 13.0. The van der Waals surface area contributed by atoms with Crippen molar-refractivity contribution in [1.82, 2.24) is 85.1 Å². The van der Waals surface area contributed by atoms with Gasteiger partial charge >= 0.3 is 24.1 Å². The minimum atomic E-state index is -0.399. The van der Waals surface area contributed by atoms with Crippen molar-refractivity contribution in [3.05, 3.63) is 69.8 Å². The van der Waals surface area contributed by atoms with Crippen LogP contribution in [0.2, 0.25) is 0 Å². The van der Waals surface area contributed by atoms with Crippen molar-refractivity contribution < 1.29 is 81.3 Å². The first-order valence-corrected chi connectivity index (χ1v) is 48.0. The molecular formula is C84H131ClN16O17S4. The number of hydrogen-bond donors (Lipinski definition) is 16. The van der Waals surface area contributed by atoms with Crippen LogP contribution in [0.3, 0.4) is 0 Å². The van der Waals surface area contributed by atoms with E-state index in [0.29, 0.717) is 221 Å². The zero-order valence-corrected chi connectivity index (χ0v) is 74.7. The standard InChI is InChI=1S/C43H68N8O8S2.C41H62N8O9S2.ClH/c1-28(2)29-23-30(40(54)46-17-9-21-58-19-7-15-44-36(52)13-5-3-11-34-38-32(26-60-34)48-42(56)50-38)25-31(24-29)41(55)47-18-10-22-59-20-8-16-45-37(53)14-6-4-12-35-39-33(27-61-35)49-43(57)51-39;50-24-27-21-28(38(53)44-15-7-19-57-17-5-13-42-34(51)11-3-1-9-32-36-30(25-59-32)46-40(55)48-36)23-29(22-27)39(54)45-16-8-20-58-18-6-14-43-35(52)12-4-2-10-33-37-31(26-60-33)47-41(56)49-37;/h23-25,28,32-35,38-39H,3-22,26-27H2,1-2H3,(H,44,52)(H,45,53)(H,46,54)(H,47,55)(H2,48,50,56)(H2,49,51,57);21-24,30-33,36-37H,1-20,25-26H2,(H,42,51)(H,43,52)(H,44,53)(H,45,54)(H2,46,48,55)(H2,47,49,56);1H. The van der Waals surface area contributed by atoms with Crippen molar-refractivity contribution in [2.45, 2.75) is 243 Å². The lowest BCUT2D eigenvalue weighted by Gasteiger charge is -2.16. The number of carbonyl (C=O) groups is 13. The molecule has 122 heavy (non-hydrogen) atoms. The number of rotatable bonds is 58. The van der Waals surface area contributed by atoms with Gasteiger partial charge in [-0.25, -0.2) is 19.2 Å². The third-order valence-corrected chi connectivity index (χ3v) is 28.3. The van der Waals surface area contributed by atoms with Crippen molar-refractivity contribution in [2.24, 2.45) is 0 Å². The summed E-state index contributed by atoms with van der Waals surface area (Å²) in [7, 11) is 0. The molecule has 0 aromatic heterocycles. The van der Waals surface area contributed by atoms with Crippen LogP contribution in [0, 0.1) is 0 Å². The Labute approximate surface area is 740 Å². The molecule has 8 heterocycles. The number of thioether (sulfide) groups is 4. The van der Waals surface area contributed by atoms with Gasteiger partial charge in [0.25, 0.3) is 23.6 Å². The Bertz CT molecular complexity index is 3500. The highest BCUT2D eigenvalue weighted by Crippen LogP contribution is 2.37. The van der Waals surface area contributed by atoms with E-state index in [1.807, 2.05) is 73.0 Å². The van der Waals surface area contributed by atoms with Crippen LogP contribution < -0.4 is 85.1 Å². The fourth-order valence-electron chi connectivity index (χ4n) is 15.6. The van der Waals surface area contributed by atoms with Crippen molar-refractivity contribution in [3.8, 4) is 0 Å². The van der Waals surface area contributed by atoms with Gasteiger partial charge in [-0.3, -0.25) is 43.2 Å². The Morgan fingerprint density at radius 2 is 0.566 bits per heavy atom. The second kappa shape index (κ2) is 55.7. The van der Waals surface area contributed by atoms with Crippen LogP contribution in [0.25, 0.3) is 0 Å². The lowest BCUT2D eigenvalue weighted by Crippen LogP contribution is -2.36. The van der Waals surface area contributed by atoms with Crippen LogP contribution in [0.15, 0.2) is 36.4 Å². The lowest BCUT2D eigenvalue weighted by atomic mass is 9.97. The molecule has 16 N–H and O–H groups in total. The molecule has 0 bridgehead atoms. The number of amides is 16.